The number of ether oxygens (including phenoxy) is 2. The molecule has 0 amide bonds. The minimum atomic E-state index is 0.323. The Balaban J connectivity index is 1.82. The summed E-state index contributed by atoms with van der Waals surface area (Å²) in [6.07, 6.45) is 6.97. The van der Waals surface area contributed by atoms with Crippen molar-refractivity contribution in [3.05, 3.63) is 23.8 Å². The third kappa shape index (κ3) is 3.17. The summed E-state index contributed by atoms with van der Waals surface area (Å²) in [4.78, 5) is 0. The number of fused-ring (bicyclic) bond motifs is 1. The van der Waals surface area contributed by atoms with Crippen LogP contribution in [0.5, 0.6) is 11.5 Å². The molecule has 2 atom stereocenters. The third-order valence-electron chi connectivity index (χ3n) is 4.10. The van der Waals surface area contributed by atoms with Crippen molar-refractivity contribution in [1.29, 1.82) is 0 Å². The molecule has 1 aliphatic carbocycles. The number of benzene rings is 1. The van der Waals surface area contributed by atoms with Crippen LogP contribution in [0.2, 0.25) is 0 Å². The highest BCUT2D eigenvalue weighted by atomic mass is 35.5. The fourth-order valence-electron chi connectivity index (χ4n) is 3.04. The SMILES string of the molecule is ClC1CCCCC(c2ccc3c(c2)OCCCO3)C1. The first kappa shape index (κ1) is 13.1. The van der Waals surface area contributed by atoms with Crippen molar-refractivity contribution in [3.63, 3.8) is 0 Å². The van der Waals surface area contributed by atoms with E-state index in [-0.39, 0.29) is 0 Å². The van der Waals surface area contributed by atoms with Crippen LogP contribution in [0.4, 0.5) is 0 Å². The quantitative estimate of drug-likeness (QED) is 0.557. The zero-order valence-electron chi connectivity index (χ0n) is 11.2. The van der Waals surface area contributed by atoms with Gasteiger partial charge in [0.15, 0.2) is 11.5 Å². The first-order chi connectivity index (χ1) is 9.33. The van der Waals surface area contributed by atoms with E-state index in [0.717, 1.165) is 44.0 Å². The number of halogens is 1. The molecular weight excluding hydrogens is 260 g/mol. The van der Waals surface area contributed by atoms with Crippen LogP contribution < -0.4 is 9.47 Å². The van der Waals surface area contributed by atoms with Crippen molar-refractivity contribution in [2.24, 2.45) is 0 Å². The molecule has 1 aliphatic heterocycles. The van der Waals surface area contributed by atoms with Gasteiger partial charge in [-0.2, -0.15) is 0 Å². The van der Waals surface area contributed by atoms with Gasteiger partial charge in [-0.15, -0.1) is 11.6 Å². The van der Waals surface area contributed by atoms with Gasteiger partial charge in [0, 0.05) is 11.8 Å². The summed E-state index contributed by atoms with van der Waals surface area (Å²) in [5, 5.41) is 0.323. The summed E-state index contributed by atoms with van der Waals surface area (Å²) in [6.45, 7) is 1.50. The van der Waals surface area contributed by atoms with E-state index in [1.165, 1.54) is 24.8 Å². The molecule has 1 fully saturated rings. The van der Waals surface area contributed by atoms with Crippen molar-refractivity contribution in [2.75, 3.05) is 13.2 Å². The second kappa shape index (κ2) is 6.04. The highest BCUT2D eigenvalue weighted by Gasteiger charge is 2.21. The molecular formula is C16H21ClO2. The van der Waals surface area contributed by atoms with Crippen molar-refractivity contribution in [1.82, 2.24) is 0 Å². The molecule has 104 valence electrons. The molecule has 0 spiro atoms. The predicted molar refractivity (Wildman–Crippen MR) is 77.5 cm³/mol. The highest BCUT2D eigenvalue weighted by molar-refractivity contribution is 6.20. The molecule has 0 saturated heterocycles. The second-order valence-electron chi connectivity index (χ2n) is 5.57. The van der Waals surface area contributed by atoms with Crippen LogP contribution >= 0.6 is 11.6 Å². The van der Waals surface area contributed by atoms with Crippen LogP contribution in [0.25, 0.3) is 0 Å². The molecule has 0 radical (unpaired) electrons. The highest BCUT2D eigenvalue weighted by Crippen LogP contribution is 2.38. The van der Waals surface area contributed by atoms with E-state index in [1.54, 1.807) is 0 Å². The van der Waals surface area contributed by atoms with Crippen molar-refractivity contribution >= 4 is 11.6 Å². The topological polar surface area (TPSA) is 18.5 Å². The van der Waals surface area contributed by atoms with Gasteiger partial charge in [-0.05, 0) is 42.9 Å². The van der Waals surface area contributed by atoms with E-state index in [2.05, 4.69) is 18.2 Å². The standard InChI is InChI=1S/C16H21ClO2/c17-14-5-2-1-4-12(10-14)13-6-7-15-16(11-13)19-9-3-8-18-15/h6-7,11-12,14H,1-5,8-10H2. The monoisotopic (exact) mass is 280 g/mol. The summed E-state index contributed by atoms with van der Waals surface area (Å²) in [5.41, 5.74) is 1.36. The van der Waals surface area contributed by atoms with Crippen molar-refractivity contribution in [3.8, 4) is 11.5 Å². The average Bonchev–Trinajstić information content (AvgIpc) is 2.77. The lowest BCUT2D eigenvalue weighted by atomic mass is 9.91. The van der Waals surface area contributed by atoms with Crippen LogP contribution in [0, 0.1) is 0 Å². The molecule has 2 nitrogen and oxygen atoms in total. The Morgan fingerprint density at radius 3 is 2.63 bits per heavy atom. The normalized spacial score (nSPS) is 27.4. The van der Waals surface area contributed by atoms with Crippen LogP contribution in [0.1, 0.15) is 50.0 Å². The van der Waals surface area contributed by atoms with Gasteiger partial charge >= 0.3 is 0 Å². The first-order valence-electron chi connectivity index (χ1n) is 7.36. The van der Waals surface area contributed by atoms with Crippen LogP contribution in [-0.4, -0.2) is 18.6 Å². The number of hydrogen-bond acceptors (Lipinski definition) is 2. The van der Waals surface area contributed by atoms with Gasteiger partial charge in [0.25, 0.3) is 0 Å². The van der Waals surface area contributed by atoms with Crippen LogP contribution in [0.3, 0.4) is 0 Å². The summed E-state index contributed by atoms with van der Waals surface area (Å²) >= 11 is 6.38. The molecule has 3 heteroatoms. The van der Waals surface area contributed by atoms with Gasteiger partial charge in [0.2, 0.25) is 0 Å². The molecule has 2 unspecified atom stereocenters. The van der Waals surface area contributed by atoms with Crippen LogP contribution in [-0.2, 0) is 0 Å². The molecule has 2 aliphatic rings. The Kier molecular flexibility index (Phi) is 4.17. The van der Waals surface area contributed by atoms with Gasteiger partial charge in [0.05, 0.1) is 13.2 Å². The molecule has 0 aromatic heterocycles. The molecule has 3 rings (SSSR count). The fraction of sp³-hybridized carbons (Fsp3) is 0.625. The fourth-order valence-corrected chi connectivity index (χ4v) is 3.41. The van der Waals surface area contributed by atoms with E-state index < -0.39 is 0 Å². The lowest BCUT2D eigenvalue weighted by Crippen LogP contribution is -2.04. The van der Waals surface area contributed by atoms with Gasteiger partial charge in [-0.25, -0.2) is 0 Å². The molecule has 1 aromatic carbocycles. The summed E-state index contributed by atoms with van der Waals surface area (Å²) in [6, 6.07) is 6.41. The Morgan fingerprint density at radius 1 is 0.947 bits per heavy atom. The van der Waals surface area contributed by atoms with Crippen LogP contribution in [0.15, 0.2) is 18.2 Å². The smallest absolute Gasteiger partial charge is 0.161 e. The predicted octanol–water partition coefficient (Wildman–Crippen LogP) is 4.50. The van der Waals surface area contributed by atoms with E-state index in [0.29, 0.717) is 11.3 Å². The van der Waals surface area contributed by atoms with E-state index in [1.807, 2.05) is 0 Å². The number of alkyl halides is 1. The van der Waals surface area contributed by atoms with Gasteiger partial charge in [0.1, 0.15) is 0 Å². The zero-order valence-corrected chi connectivity index (χ0v) is 12.0. The number of hydrogen-bond donors (Lipinski definition) is 0. The van der Waals surface area contributed by atoms with E-state index in [4.69, 9.17) is 21.1 Å². The summed E-state index contributed by atoms with van der Waals surface area (Å²) in [7, 11) is 0. The Hall–Kier alpha value is -0.890. The van der Waals surface area contributed by atoms with E-state index >= 15 is 0 Å². The zero-order chi connectivity index (χ0) is 13.1. The Bertz CT molecular complexity index is 433. The van der Waals surface area contributed by atoms with Crippen molar-refractivity contribution < 1.29 is 9.47 Å². The average molecular weight is 281 g/mol. The maximum atomic E-state index is 6.38. The number of rotatable bonds is 1. The lowest BCUT2D eigenvalue weighted by Gasteiger charge is -2.18. The molecule has 1 saturated carbocycles. The van der Waals surface area contributed by atoms with Gasteiger partial charge in [-0.3, -0.25) is 0 Å². The first-order valence-corrected chi connectivity index (χ1v) is 7.80. The maximum Gasteiger partial charge on any atom is 0.161 e. The Morgan fingerprint density at radius 2 is 1.74 bits per heavy atom. The summed E-state index contributed by atoms with van der Waals surface area (Å²) in [5.74, 6) is 2.37. The minimum absolute atomic E-state index is 0.323. The second-order valence-corrected chi connectivity index (χ2v) is 6.19. The van der Waals surface area contributed by atoms with E-state index in [9.17, 15) is 0 Å². The van der Waals surface area contributed by atoms with Crippen molar-refractivity contribution in [2.45, 2.75) is 49.8 Å². The molecule has 1 heterocycles. The Labute approximate surface area is 120 Å². The lowest BCUT2D eigenvalue weighted by molar-refractivity contribution is 0.297. The third-order valence-corrected chi connectivity index (χ3v) is 4.50. The molecule has 0 bridgehead atoms. The van der Waals surface area contributed by atoms with Gasteiger partial charge in [-0.1, -0.05) is 18.9 Å². The molecule has 1 aromatic rings. The van der Waals surface area contributed by atoms with Gasteiger partial charge < -0.3 is 9.47 Å². The summed E-state index contributed by atoms with van der Waals surface area (Å²) < 4.78 is 11.5. The molecule has 0 N–H and O–H groups in total. The maximum absolute atomic E-state index is 6.38. The largest absolute Gasteiger partial charge is 0.490 e. The molecule has 19 heavy (non-hydrogen) atoms. The minimum Gasteiger partial charge on any atom is -0.490 e.